The average molecular weight is 227 g/mol. The fourth-order valence-corrected chi connectivity index (χ4v) is 1.11. The number of ether oxygens (including phenoxy) is 1. The largest absolute Gasteiger partial charge is 0.458 e. The second-order valence-corrected chi connectivity index (χ2v) is 3.37. The topological polar surface area (TPSA) is 65.2 Å². The highest BCUT2D eigenvalue weighted by molar-refractivity contribution is 6.29. The molecule has 4 nitrogen and oxygen atoms in total. The molecule has 80 valence electrons. The molecule has 1 aromatic rings. The molecule has 0 radical (unpaired) electrons. The van der Waals surface area contributed by atoms with Crippen LogP contribution in [0.2, 0.25) is 5.15 Å². The van der Waals surface area contributed by atoms with E-state index < -0.39 is 5.97 Å². The molecule has 0 aliphatic heterocycles. The smallest absolute Gasteiger partial charge is 0.332 e. The summed E-state index contributed by atoms with van der Waals surface area (Å²) in [7, 11) is 0. The van der Waals surface area contributed by atoms with Gasteiger partial charge in [-0.1, -0.05) is 11.6 Å². The number of rotatable bonds is 3. The van der Waals surface area contributed by atoms with E-state index in [1.165, 1.54) is 6.08 Å². The molecular weight excluding hydrogens is 216 g/mol. The van der Waals surface area contributed by atoms with Gasteiger partial charge in [-0.25, -0.2) is 9.78 Å². The number of nitrogens with two attached hydrogens (primary N) is 1. The standard InChI is InChI=1S/C10H11ClN2O2/c1-7(12)4-10(14)15-6-8-2-3-13-9(11)5-8/h2-5H,6,12H2,1H3/b7-4-. The lowest BCUT2D eigenvalue weighted by atomic mass is 10.3. The number of carbonyl (C=O) groups is 1. The van der Waals surface area contributed by atoms with Gasteiger partial charge >= 0.3 is 5.97 Å². The van der Waals surface area contributed by atoms with Gasteiger partial charge in [-0.15, -0.1) is 0 Å². The van der Waals surface area contributed by atoms with Crippen molar-refractivity contribution in [3.05, 3.63) is 40.8 Å². The summed E-state index contributed by atoms with van der Waals surface area (Å²) >= 11 is 5.66. The van der Waals surface area contributed by atoms with E-state index >= 15 is 0 Å². The molecule has 0 aliphatic carbocycles. The Bertz CT molecular complexity index is 387. The van der Waals surface area contributed by atoms with Crippen LogP contribution in [0.4, 0.5) is 0 Å². The minimum absolute atomic E-state index is 0.158. The third-order valence-corrected chi connectivity index (χ3v) is 1.72. The Morgan fingerprint density at radius 1 is 1.73 bits per heavy atom. The molecular formula is C10H11ClN2O2. The summed E-state index contributed by atoms with van der Waals surface area (Å²) in [6, 6.07) is 3.35. The van der Waals surface area contributed by atoms with Crippen molar-refractivity contribution >= 4 is 17.6 Å². The van der Waals surface area contributed by atoms with Crippen molar-refractivity contribution in [2.75, 3.05) is 0 Å². The summed E-state index contributed by atoms with van der Waals surface area (Å²) in [6.07, 6.45) is 2.78. The molecule has 0 spiro atoms. The molecule has 2 N–H and O–H groups in total. The van der Waals surface area contributed by atoms with Crippen LogP contribution in [0.5, 0.6) is 0 Å². The van der Waals surface area contributed by atoms with Crippen LogP contribution in [0.15, 0.2) is 30.1 Å². The Labute approximate surface area is 92.7 Å². The summed E-state index contributed by atoms with van der Waals surface area (Å²) in [4.78, 5) is 14.9. The molecule has 0 saturated carbocycles. The first kappa shape index (κ1) is 11.5. The van der Waals surface area contributed by atoms with Crippen LogP contribution < -0.4 is 5.73 Å². The van der Waals surface area contributed by atoms with Gasteiger partial charge in [-0.2, -0.15) is 0 Å². The fraction of sp³-hybridized carbons (Fsp3) is 0.200. The maximum absolute atomic E-state index is 11.1. The van der Waals surface area contributed by atoms with Crippen LogP contribution >= 0.6 is 11.6 Å². The maximum atomic E-state index is 11.1. The third kappa shape index (κ3) is 4.46. The van der Waals surface area contributed by atoms with E-state index in [0.29, 0.717) is 10.9 Å². The number of esters is 1. The molecule has 0 bridgehead atoms. The molecule has 15 heavy (non-hydrogen) atoms. The highest BCUT2D eigenvalue weighted by atomic mass is 35.5. The zero-order valence-corrected chi connectivity index (χ0v) is 8.99. The summed E-state index contributed by atoms with van der Waals surface area (Å²) in [5.41, 5.74) is 6.51. The van der Waals surface area contributed by atoms with Gasteiger partial charge in [-0.3, -0.25) is 0 Å². The quantitative estimate of drug-likeness (QED) is 0.484. The Balaban J connectivity index is 2.51. The first-order chi connectivity index (χ1) is 7.08. The Hall–Kier alpha value is -1.55. The fourth-order valence-electron chi connectivity index (χ4n) is 0.914. The molecule has 0 aliphatic rings. The van der Waals surface area contributed by atoms with Crippen molar-refractivity contribution in [3.63, 3.8) is 0 Å². The van der Waals surface area contributed by atoms with Crippen molar-refractivity contribution in [2.24, 2.45) is 5.73 Å². The predicted octanol–water partition coefficient (Wildman–Crippen LogP) is 1.64. The van der Waals surface area contributed by atoms with Crippen molar-refractivity contribution in [1.29, 1.82) is 0 Å². The lowest BCUT2D eigenvalue weighted by Crippen LogP contribution is -2.04. The van der Waals surface area contributed by atoms with Crippen LogP contribution in [-0.2, 0) is 16.1 Å². The molecule has 1 rings (SSSR count). The van der Waals surface area contributed by atoms with E-state index in [1.54, 1.807) is 25.3 Å². The number of hydrogen-bond donors (Lipinski definition) is 1. The van der Waals surface area contributed by atoms with Crippen LogP contribution in [0, 0.1) is 0 Å². The summed E-state index contributed by atoms with van der Waals surface area (Å²) in [5.74, 6) is -0.470. The maximum Gasteiger partial charge on any atom is 0.332 e. The molecule has 0 amide bonds. The van der Waals surface area contributed by atoms with Gasteiger partial charge < -0.3 is 10.5 Å². The number of hydrogen-bond acceptors (Lipinski definition) is 4. The zero-order chi connectivity index (χ0) is 11.3. The molecule has 0 unspecified atom stereocenters. The van der Waals surface area contributed by atoms with Crippen molar-refractivity contribution in [2.45, 2.75) is 13.5 Å². The van der Waals surface area contributed by atoms with Crippen LogP contribution in [0.25, 0.3) is 0 Å². The first-order valence-corrected chi connectivity index (χ1v) is 4.66. The Morgan fingerprint density at radius 3 is 3.07 bits per heavy atom. The lowest BCUT2D eigenvalue weighted by Gasteiger charge is -2.02. The van der Waals surface area contributed by atoms with E-state index in [1.807, 2.05) is 0 Å². The van der Waals surface area contributed by atoms with E-state index in [0.717, 1.165) is 5.56 Å². The Kier molecular flexibility index (Phi) is 4.12. The lowest BCUT2D eigenvalue weighted by molar-refractivity contribution is -0.139. The highest BCUT2D eigenvalue weighted by Gasteiger charge is 2.00. The summed E-state index contributed by atoms with van der Waals surface area (Å²) in [5, 5.41) is 0.370. The van der Waals surface area contributed by atoms with E-state index in [2.05, 4.69) is 4.98 Å². The number of aromatic nitrogens is 1. The second-order valence-electron chi connectivity index (χ2n) is 2.98. The summed E-state index contributed by atoms with van der Waals surface area (Å²) < 4.78 is 4.91. The zero-order valence-electron chi connectivity index (χ0n) is 8.24. The first-order valence-electron chi connectivity index (χ1n) is 4.29. The molecule has 5 heteroatoms. The normalized spacial score (nSPS) is 11.2. The van der Waals surface area contributed by atoms with E-state index in [-0.39, 0.29) is 6.61 Å². The van der Waals surface area contributed by atoms with Gasteiger partial charge in [0, 0.05) is 18.0 Å². The molecule has 0 aromatic carbocycles. The van der Waals surface area contributed by atoms with Crippen molar-refractivity contribution < 1.29 is 9.53 Å². The number of allylic oxidation sites excluding steroid dienone is 1. The van der Waals surface area contributed by atoms with Crippen LogP contribution in [0.1, 0.15) is 12.5 Å². The van der Waals surface area contributed by atoms with Gasteiger partial charge in [0.2, 0.25) is 0 Å². The number of nitrogens with zero attached hydrogens (tertiary/aromatic N) is 1. The minimum Gasteiger partial charge on any atom is -0.458 e. The number of halogens is 1. The van der Waals surface area contributed by atoms with Gasteiger partial charge in [0.25, 0.3) is 0 Å². The van der Waals surface area contributed by atoms with Gasteiger partial charge in [0.05, 0.1) is 0 Å². The van der Waals surface area contributed by atoms with Gasteiger partial charge in [0.15, 0.2) is 0 Å². The summed E-state index contributed by atoms with van der Waals surface area (Å²) in [6.45, 7) is 1.77. The van der Waals surface area contributed by atoms with E-state index in [9.17, 15) is 4.79 Å². The minimum atomic E-state index is -0.470. The molecule has 1 heterocycles. The average Bonchev–Trinajstić information content (AvgIpc) is 2.14. The molecule has 1 aromatic heterocycles. The van der Waals surface area contributed by atoms with Crippen LogP contribution in [0.3, 0.4) is 0 Å². The molecule has 0 saturated heterocycles. The van der Waals surface area contributed by atoms with Crippen molar-refractivity contribution in [3.8, 4) is 0 Å². The monoisotopic (exact) mass is 226 g/mol. The number of pyridine rings is 1. The molecule has 0 atom stereocenters. The molecule has 0 fully saturated rings. The van der Waals surface area contributed by atoms with Gasteiger partial charge in [0.1, 0.15) is 11.8 Å². The third-order valence-electron chi connectivity index (χ3n) is 1.52. The van der Waals surface area contributed by atoms with Crippen molar-refractivity contribution in [1.82, 2.24) is 4.98 Å². The highest BCUT2D eigenvalue weighted by Crippen LogP contribution is 2.08. The van der Waals surface area contributed by atoms with Gasteiger partial charge in [-0.05, 0) is 24.6 Å². The van der Waals surface area contributed by atoms with Crippen LogP contribution in [-0.4, -0.2) is 11.0 Å². The SMILES string of the molecule is C/C(N)=C/C(=O)OCc1ccnc(Cl)c1. The second kappa shape index (κ2) is 5.36. The Morgan fingerprint density at radius 2 is 2.47 bits per heavy atom. The van der Waals surface area contributed by atoms with E-state index in [4.69, 9.17) is 22.1 Å². The number of carbonyl (C=O) groups excluding carboxylic acids is 1. The predicted molar refractivity (Wildman–Crippen MR) is 57.0 cm³/mol.